The second-order valence-electron chi connectivity index (χ2n) is 3.56. The maximum Gasteiger partial charge on any atom is 0.306 e. The van der Waals surface area contributed by atoms with Crippen molar-refractivity contribution in [3.63, 3.8) is 0 Å². The van der Waals surface area contributed by atoms with Crippen molar-refractivity contribution in [2.75, 3.05) is 6.61 Å². The smallest absolute Gasteiger partial charge is 0.306 e. The number of hydrogen-bond donors (Lipinski definition) is 0. The largest absolute Gasteiger partial charge is 0.461 e. The van der Waals surface area contributed by atoms with Crippen LogP contribution in [0, 0.1) is 0 Å². The van der Waals surface area contributed by atoms with Crippen LogP contribution >= 0.6 is 0 Å². The number of carbonyl (C=O) groups excluding carboxylic acids is 1. The second-order valence-corrected chi connectivity index (χ2v) is 3.56. The van der Waals surface area contributed by atoms with Crippen molar-refractivity contribution in [2.45, 2.75) is 39.0 Å². The molecule has 0 aliphatic heterocycles. The van der Waals surface area contributed by atoms with Gasteiger partial charge in [0.1, 0.15) is 6.61 Å². The Hall–Kier alpha value is -1.05. The summed E-state index contributed by atoms with van der Waals surface area (Å²) in [6.45, 7) is 2.55. The molecule has 0 aromatic carbocycles. The van der Waals surface area contributed by atoms with Crippen LogP contribution in [0.3, 0.4) is 0 Å². The SMILES string of the molecule is CCCCC(=O)OCC1=CC=CCC1. The molecule has 0 heterocycles. The molecule has 1 aliphatic carbocycles. The third kappa shape index (κ3) is 4.26. The molecule has 78 valence electrons. The van der Waals surface area contributed by atoms with Crippen molar-refractivity contribution >= 4 is 5.97 Å². The van der Waals surface area contributed by atoms with Gasteiger partial charge in [0.25, 0.3) is 0 Å². The zero-order chi connectivity index (χ0) is 10.2. The topological polar surface area (TPSA) is 26.3 Å². The summed E-state index contributed by atoms with van der Waals surface area (Å²) >= 11 is 0. The van der Waals surface area contributed by atoms with Gasteiger partial charge in [0.05, 0.1) is 0 Å². The molecule has 1 rings (SSSR count). The summed E-state index contributed by atoms with van der Waals surface area (Å²) in [5.41, 5.74) is 1.22. The van der Waals surface area contributed by atoms with Crippen molar-refractivity contribution < 1.29 is 9.53 Å². The minimum absolute atomic E-state index is 0.0673. The molecule has 14 heavy (non-hydrogen) atoms. The van der Waals surface area contributed by atoms with Gasteiger partial charge in [0.15, 0.2) is 0 Å². The van der Waals surface area contributed by atoms with E-state index >= 15 is 0 Å². The molecule has 2 heteroatoms. The fourth-order valence-corrected chi connectivity index (χ4v) is 1.34. The maximum absolute atomic E-state index is 11.2. The fourth-order valence-electron chi connectivity index (χ4n) is 1.34. The van der Waals surface area contributed by atoms with E-state index in [1.165, 1.54) is 5.57 Å². The second kappa shape index (κ2) is 6.41. The minimum atomic E-state index is -0.0673. The van der Waals surface area contributed by atoms with Crippen molar-refractivity contribution in [1.29, 1.82) is 0 Å². The molecule has 0 saturated heterocycles. The fraction of sp³-hybridized carbons (Fsp3) is 0.583. The number of esters is 1. The van der Waals surface area contributed by atoms with Gasteiger partial charge in [0, 0.05) is 6.42 Å². The first kappa shape index (κ1) is 11.0. The number of carbonyl (C=O) groups is 1. The van der Waals surface area contributed by atoms with Gasteiger partial charge < -0.3 is 4.74 Å². The Balaban J connectivity index is 2.16. The van der Waals surface area contributed by atoms with E-state index in [0.29, 0.717) is 13.0 Å². The van der Waals surface area contributed by atoms with E-state index in [9.17, 15) is 4.79 Å². The first-order valence-corrected chi connectivity index (χ1v) is 5.33. The normalized spacial score (nSPS) is 15.1. The van der Waals surface area contributed by atoms with Gasteiger partial charge in [-0.15, -0.1) is 0 Å². The molecule has 1 aliphatic rings. The van der Waals surface area contributed by atoms with Crippen LogP contribution in [-0.4, -0.2) is 12.6 Å². The Labute approximate surface area is 85.6 Å². The summed E-state index contributed by atoms with van der Waals surface area (Å²) in [7, 11) is 0. The predicted octanol–water partition coefficient (Wildman–Crippen LogP) is 3.00. The zero-order valence-electron chi connectivity index (χ0n) is 8.79. The average Bonchev–Trinajstić information content (AvgIpc) is 2.25. The lowest BCUT2D eigenvalue weighted by atomic mass is 10.1. The van der Waals surface area contributed by atoms with E-state index < -0.39 is 0 Å². The first-order chi connectivity index (χ1) is 6.83. The molecular weight excluding hydrogens is 176 g/mol. The zero-order valence-corrected chi connectivity index (χ0v) is 8.79. The quantitative estimate of drug-likeness (QED) is 0.629. The first-order valence-electron chi connectivity index (χ1n) is 5.33. The number of unbranched alkanes of at least 4 members (excludes halogenated alkanes) is 1. The molecule has 0 spiro atoms. The highest BCUT2D eigenvalue weighted by Crippen LogP contribution is 2.12. The van der Waals surface area contributed by atoms with E-state index in [-0.39, 0.29) is 5.97 Å². The highest BCUT2D eigenvalue weighted by molar-refractivity contribution is 5.69. The number of ether oxygens (including phenoxy) is 1. The van der Waals surface area contributed by atoms with Crippen LogP contribution in [0.2, 0.25) is 0 Å². The van der Waals surface area contributed by atoms with Crippen LogP contribution in [0.25, 0.3) is 0 Å². The van der Waals surface area contributed by atoms with Gasteiger partial charge in [-0.2, -0.15) is 0 Å². The monoisotopic (exact) mass is 194 g/mol. The summed E-state index contributed by atoms with van der Waals surface area (Å²) in [4.78, 5) is 11.2. The molecule has 0 radical (unpaired) electrons. The van der Waals surface area contributed by atoms with Crippen molar-refractivity contribution in [1.82, 2.24) is 0 Å². The third-order valence-electron chi connectivity index (χ3n) is 2.25. The van der Waals surface area contributed by atoms with Crippen LogP contribution in [0.4, 0.5) is 0 Å². The van der Waals surface area contributed by atoms with E-state index in [4.69, 9.17) is 4.74 Å². The Morgan fingerprint density at radius 1 is 1.57 bits per heavy atom. The van der Waals surface area contributed by atoms with E-state index in [0.717, 1.165) is 25.7 Å². The lowest BCUT2D eigenvalue weighted by Gasteiger charge is -2.09. The lowest BCUT2D eigenvalue weighted by Crippen LogP contribution is -2.07. The lowest BCUT2D eigenvalue weighted by molar-refractivity contribution is -0.142. The summed E-state index contributed by atoms with van der Waals surface area (Å²) < 4.78 is 5.14. The molecular formula is C12H18O2. The molecule has 0 aromatic heterocycles. The molecule has 0 N–H and O–H groups in total. The van der Waals surface area contributed by atoms with E-state index in [2.05, 4.69) is 13.0 Å². The van der Waals surface area contributed by atoms with Gasteiger partial charge in [-0.25, -0.2) is 0 Å². The maximum atomic E-state index is 11.2. The summed E-state index contributed by atoms with van der Waals surface area (Å²) in [5, 5.41) is 0. The third-order valence-corrected chi connectivity index (χ3v) is 2.25. The summed E-state index contributed by atoms with van der Waals surface area (Å²) in [6.07, 6.45) is 10.8. The highest BCUT2D eigenvalue weighted by Gasteiger charge is 2.04. The van der Waals surface area contributed by atoms with Crippen LogP contribution in [0.1, 0.15) is 39.0 Å². The van der Waals surface area contributed by atoms with Gasteiger partial charge >= 0.3 is 5.97 Å². The molecule has 2 nitrogen and oxygen atoms in total. The van der Waals surface area contributed by atoms with Gasteiger partial charge in [-0.1, -0.05) is 31.6 Å². The van der Waals surface area contributed by atoms with Crippen molar-refractivity contribution in [3.8, 4) is 0 Å². The van der Waals surface area contributed by atoms with E-state index in [1.807, 2.05) is 12.2 Å². The highest BCUT2D eigenvalue weighted by atomic mass is 16.5. The van der Waals surface area contributed by atoms with Gasteiger partial charge in [-0.3, -0.25) is 4.79 Å². The minimum Gasteiger partial charge on any atom is -0.461 e. The summed E-state index contributed by atoms with van der Waals surface area (Å²) in [6, 6.07) is 0. The Morgan fingerprint density at radius 3 is 3.07 bits per heavy atom. The van der Waals surface area contributed by atoms with Crippen LogP contribution in [0.15, 0.2) is 23.8 Å². The summed E-state index contributed by atoms with van der Waals surface area (Å²) in [5.74, 6) is -0.0673. The molecule has 0 unspecified atom stereocenters. The predicted molar refractivity (Wildman–Crippen MR) is 56.9 cm³/mol. The van der Waals surface area contributed by atoms with Gasteiger partial charge in [0.2, 0.25) is 0 Å². The Bertz CT molecular complexity index is 239. The standard InChI is InChI=1S/C12H18O2/c1-2-3-9-12(13)14-10-11-7-5-4-6-8-11/h4-5,7H,2-3,6,8-10H2,1H3. The average molecular weight is 194 g/mol. The molecule has 0 amide bonds. The molecule has 0 saturated carbocycles. The van der Waals surface area contributed by atoms with Crippen LogP contribution in [-0.2, 0) is 9.53 Å². The number of rotatable bonds is 5. The molecule has 0 aromatic rings. The Kier molecular flexibility index (Phi) is 5.05. The number of allylic oxidation sites excluding steroid dienone is 3. The number of hydrogen-bond acceptors (Lipinski definition) is 2. The molecule has 0 bridgehead atoms. The van der Waals surface area contributed by atoms with Crippen LogP contribution < -0.4 is 0 Å². The van der Waals surface area contributed by atoms with Crippen LogP contribution in [0.5, 0.6) is 0 Å². The molecule has 0 fully saturated rings. The molecule has 0 atom stereocenters. The van der Waals surface area contributed by atoms with E-state index in [1.54, 1.807) is 0 Å². The van der Waals surface area contributed by atoms with Crippen molar-refractivity contribution in [2.24, 2.45) is 0 Å². The van der Waals surface area contributed by atoms with Gasteiger partial charge in [-0.05, 0) is 24.8 Å². The Morgan fingerprint density at radius 2 is 2.43 bits per heavy atom. The van der Waals surface area contributed by atoms with Crippen molar-refractivity contribution in [3.05, 3.63) is 23.8 Å².